The van der Waals surface area contributed by atoms with E-state index in [1.807, 2.05) is 0 Å². The van der Waals surface area contributed by atoms with Gasteiger partial charge in [-0.3, -0.25) is 14.3 Å². The number of esters is 3. The topological polar surface area (TPSA) is 143 Å². The summed E-state index contributed by atoms with van der Waals surface area (Å²) >= 11 is 17.9. The lowest BCUT2D eigenvalue weighted by atomic mass is 9.92. The Labute approximate surface area is 275 Å². The van der Waals surface area contributed by atoms with Gasteiger partial charge in [-0.1, -0.05) is 40.7 Å². The molecule has 234 valence electrons. The average Bonchev–Trinajstić information content (AvgIpc) is 3.32. The van der Waals surface area contributed by atoms with Crippen LogP contribution in [0.15, 0.2) is 94.6 Å². The second-order valence-corrected chi connectivity index (χ2v) is 11.1. The lowest BCUT2D eigenvalue weighted by molar-refractivity contribution is -0.0784. The molecule has 46 heavy (non-hydrogen) atoms. The van der Waals surface area contributed by atoms with Crippen LogP contribution < -0.4 is 11.2 Å². The van der Waals surface area contributed by atoms with Gasteiger partial charge in [-0.15, -0.1) is 6.42 Å². The third-order valence-electron chi connectivity index (χ3n) is 6.92. The number of aromatic amines is 1. The molecule has 0 spiro atoms. The van der Waals surface area contributed by atoms with Crippen molar-refractivity contribution in [2.45, 2.75) is 24.0 Å². The van der Waals surface area contributed by atoms with Gasteiger partial charge in [-0.25, -0.2) is 19.2 Å². The maximum absolute atomic E-state index is 13.5. The minimum Gasteiger partial charge on any atom is -0.459 e. The largest absolute Gasteiger partial charge is 0.459 e. The second-order valence-electron chi connectivity index (χ2n) is 9.80. The summed E-state index contributed by atoms with van der Waals surface area (Å²) in [5.74, 6) is -0.370. The first kappa shape index (κ1) is 32.5. The summed E-state index contributed by atoms with van der Waals surface area (Å²) in [5, 5.41) is 1.07. The number of H-pyrrole nitrogens is 1. The fourth-order valence-corrected chi connectivity index (χ4v) is 4.98. The highest BCUT2D eigenvalue weighted by Gasteiger charge is 2.63. The lowest BCUT2D eigenvalue weighted by Crippen LogP contribution is -2.54. The van der Waals surface area contributed by atoms with Gasteiger partial charge in [0.15, 0.2) is 6.23 Å². The van der Waals surface area contributed by atoms with Gasteiger partial charge < -0.3 is 18.9 Å². The summed E-state index contributed by atoms with van der Waals surface area (Å²) in [7, 11) is 0. The normalized spacial score (nSPS) is 20.3. The standard InChI is InChI=1S/C32H21Cl3N2O9/c1-2-32(46-30(41)20-7-13-23(35)14-8-20)24(17-43-28(39)18-3-9-21(33)10-4-18)44-27(37-16-15-25(38)36-31(37)42)26(32)45-29(40)19-5-11-22(34)12-6-19/h1,3-16,24,26-27H,17H2,(H,36,38,42)/t24-,26+,27-,32-/m1/s1. The van der Waals surface area contributed by atoms with Crippen LogP contribution in [0.5, 0.6) is 0 Å². The van der Waals surface area contributed by atoms with E-state index in [0.29, 0.717) is 15.1 Å². The molecule has 1 aromatic heterocycles. The van der Waals surface area contributed by atoms with Crippen LogP contribution in [0.3, 0.4) is 0 Å². The predicted octanol–water partition coefficient (Wildman–Crippen LogP) is 4.71. The van der Waals surface area contributed by atoms with E-state index >= 15 is 0 Å². The Hall–Kier alpha value is -4.86. The summed E-state index contributed by atoms with van der Waals surface area (Å²) in [6, 6.07) is 18.1. The van der Waals surface area contributed by atoms with E-state index < -0.39 is 59.8 Å². The van der Waals surface area contributed by atoms with Gasteiger partial charge in [-0.05, 0) is 72.8 Å². The fraction of sp³-hybridized carbons (Fsp3) is 0.156. The first-order valence-corrected chi connectivity index (χ1v) is 14.5. The van der Waals surface area contributed by atoms with Crippen LogP contribution in [0.2, 0.25) is 15.1 Å². The highest BCUT2D eigenvalue weighted by Crippen LogP contribution is 2.42. The van der Waals surface area contributed by atoms with Gasteiger partial charge in [0.05, 0.1) is 16.7 Å². The Bertz CT molecular complexity index is 1930. The third-order valence-corrected chi connectivity index (χ3v) is 7.67. The molecule has 4 aromatic rings. The number of nitrogens with one attached hydrogen (secondary N) is 1. The van der Waals surface area contributed by atoms with Crippen molar-refractivity contribution in [1.82, 2.24) is 9.55 Å². The number of hydrogen-bond acceptors (Lipinski definition) is 9. The van der Waals surface area contributed by atoms with E-state index in [-0.39, 0.29) is 16.7 Å². The quantitative estimate of drug-likeness (QED) is 0.159. The van der Waals surface area contributed by atoms with Crippen LogP contribution in [0, 0.1) is 12.3 Å². The molecule has 5 rings (SSSR count). The first-order valence-electron chi connectivity index (χ1n) is 13.3. The maximum atomic E-state index is 13.5. The molecule has 0 radical (unpaired) electrons. The maximum Gasteiger partial charge on any atom is 0.339 e. The number of carbonyl (C=O) groups excluding carboxylic acids is 3. The molecule has 0 saturated carbocycles. The summed E-state index contributed by atoms with van der Waals surface area (Å²) in [6.07, 6.45) is 2.27. The number of halogens is 3. The minimum atomic E-state index is -2.31. The number of terminal acetylenes is 1. The fourth-order valence-electron chi connectivity index (χ4n) is 4.60. The van der Waals surface area contributed by atoms with Crippen LogP contribution in [0.25, 0.3) is 0 Å². The molecule has 11 nitrogen and oxygen atoms in total. The van der Waals surface area contributed by atoms with Gasteiger partial charge >= 0.3 is 23.6 Å². The lowest BCUT2D eigenvalue weighted by Gasteiger charge is -2.33. The SMILES string of the molecule is C#C[C@@]1(OC(=O)c2ccc(Cl)cc2)[C@@H](COC(=O)c2ccc(Cl)cc2)O[C@@H](n2ccc(=O)[nH]c2=O)[C@@H]1OC(=O)c1ccc(Cl)cc1. The molecule has 3 aromatic carbocycles. The highest BCUT2D eigenvalue weighted by molar-refractivity contribution is 6.31. The number of nitrogens with zero attached hydrogens (tertiary/aromatic N) is 1. The summed E-state index contributed by atoms with van der Waals surface area (Å²) < 4.78 is 24.2. The van der Waals surface area contributed by atoms with Crippen molar-refractivity contribution in [1.29, 1.82) is 0 Å². The summed E-state index contributed by atoms with van der Waals surface area (Å²) in [6.45, 7) is -0.636. The zero-order valence-corrected chi connectivity index (χ0v) is 25.6. The molecule has 0 amide bonds. The van der Waals surface area contributed by atoms with Gasteiger partial charge in [0.1, 0.15) is 12.7 Å². The third kappa shape index (κ3) is 6.85. The van der Waals surface area contributed by atoms with E-state index in [4.69, 9.17) is 60.2 Å². The highest BCUT2D eigenvalue weighted by atomic mass is 35.5. The van der Waals surface area contributed by atoms with Gasteiger partial charge in [0.25, 0.3) is 5.56 Å². The predicted molar refractivity (Wildman–Crippen MR) is 166 cm³/mol. The van der Waals surface area contributed by atoms with Crippen molar-refractivity contribution in [2.24, 2.45) is 0 Å². The number of rotatable bonds is 8. The van der Waals surface area contributed by atoms with Crippen LogP contribution >= 0.6 is 34.8 Å². The molecule has 2 heterocycles. The van der Waals surface area contributed by atoms with Crippen LogP contribution in [0.4, 0.5) is 0 Å². The van der Waals surface area contributed by atoms with Crippen molar-refractivity contribution in [3.63, 3.8) is 0 Å². The number of ether oxygens (including phenoxy) is 4. The monoisotopic (exact) mass is 682 g/mol. The van der Waals surface area contributed by atoms with Crippen molar-refractivity contribution in [2.75, 3.05) is 6.61 Å². The Morgan fingerprint density at radius 2 is 1.30 bits per heavy atom. The Kier molecular flexibility index (Phi) is 9.65. The molecular weight excluding hydrogens is 663 g/mol. The molecular formula is C32H21Cl3N2O9. The van der Waals surface area contributed by atoms with Gasteiger partial charge in [-0.2, -0.15) is 0 Å². The zero-order valence-electron chi connectivity index (χ0n) is 23.4. The molecule has 1 aliphatic heterocycles. The Morgan fingerprint density at radius 1 is 0.804 bits per heavy atom. The molecule has 0 unspecified atom stereocenters. The van der Waals surface area contributed by atoms with E-state index in [9.17, 15) is 24.0 Å². The summed E-state index contributed by atoms with van der Waals surface area (Å²) in [4.78, 5) is 66.7. The van der Waals surface area contributed by atoms with Crippen molar-refractivity contribution in [3.8, 4) is 12.3 Å². The van der Waals surface area contributed by atoms with Crippen molar-refractivity contribution < 1.29 is 33.3 Å². The first-order chi connectivity index (χ1) is 22.0. The molecule has 0 aliphatic carbocycles. The summed E-state index contributed by atoms with van der Waals surface area (Å²) in [5.41, 5.74) is -3.81. The molecule has 1 saturated heterocycles. The zero-order chi connectivity index (χ0) is 33.0. The van der Waals surface area contributed by atoms with Crippen molar-refractivity contribution >= 4 is 52.7 Å². The molecule has 4 atom stereocenters. The number of aromatic nitrogens is 2. The molecule has 1 aliphatic rings. The smallest absolute Gasteiger partial charge is 0.339 e. The van der Waals surface area contributed by atoms with Crippen LogP contribution in [-0.2, 0) is 18.9 Å². The molecule has 1 fully saturated rings. The second kappa shape index (κ2) is 13.6. The van der Waals surface area contributed by atoms with Gasteiger partial charge in [0, 0.05) is 27.3 Å². The van der Waals surface area contributed by atoms with E-state index in [0.717, 1.165) is 16.8 Å². The Balaban J connectivity index is 1.58. The number of benzene rings is 3. The molecule has 0 bridgehead atoms. The van der Waals surface area contributed by atoms with E-state index in [1.54, 1.807) is 0 Å². The minimum absolute atomic E-state index is 0.0170. The molecule has 1 N–H and O–H groups in total. The molecule has 14 heteroatoms. The van der Waals surface area contributed by atoms with E-state index in [2.05, 4.69) is 10.9 Å². The number of hydrogen-bond donors (Lipinski definition) is 1. The number of carbonyl (C=O) groups is 3. The van der Waals surface area contributed by atoms with Crippen LogP contribution in [-0.4, -0.2) is 51.9 Å². The van der Waals surface area contributed by atoms with Crippen molar-refractivity contribution in [3.05, 3.63) is 138 Å². The van der Waals surface area contributed by atoms with Crippen LogP contribution in [0.1, 0.15) is 37.3 Å². The Morgan fingerprint density at radius 3 is 1.80 bits per heavy atom. The average molecular weight is 684 g/mol. The van der Waals surface area contributed by atoms with Gasteiger partial charge in [0.2, 0.25) is 11.7 Å². The van der Waals surface area contributed by atoms with E-state index in [1.165, 1.54) is 72.8 Å².